The molecule has 2 aromatic rings. The summed E-state index contributed by atoms with van der Waals surface area (Å²) >= 11 is 12.4. The van der Waals surface area contributed by atoms with E-state index >= 15 is 0 Å². The van der Waals surface area contributed by atoms with E-state index in [1.165, 1.54) is 0 Å². The number of ether oxygens (including phenoxy) is 2. The van der Waals surface area contributed by atoms with Gasteiger partial charge in [0.1, 0.15) is 11.5 Å². The van der Waals surface area contributed by atoms with E-state index in [4.69, 9.17) is 32.7 Å². The standard InChI is InChI=1S/C29H36Cl2N2O5/c1-20-13-25(14-21(2)28(20)31)38-19-29(16-26(35)32-11-7-23(34)8-12-32)9-4-10-33(18-29)27(36)17-37-24-6-3-5-22(30)15-24/h3,5-6,13-15,23,34H,4,7-12,16-19H2,1-2H3/t29-/m1/s1. The van der Waals surface area contributed by atoms with Crippen LogP contribution in [0.5, 0.6) is 11.5 Å². The number of hydrogen-bond donors (Lipinski definition) is 1. The second-order valence-corrected chi connectivity index (χ2v) is 11.4. The Morgan fingerprint density at radius 3 is 2.37 bits per heavy atom. The van der Waals surface area contributed by atoms with Crippen LogP contribution in [0.15, 0.2) is 36.4 Å². The van der Waals surface area contributed by atoms with E-state index in [0.717, 1.165) is 24.0 Å². The summed E-state index contributed by atoms with van der Waals surface area (Å²) in [6, 6.07) is 10.8. The first kappa shape index (κ1) is 28.5. The third kappa shape index (κ3) is 7.33. The van der Waals surface area contributed by atoms with E-state index < -0.39 is 5.41 Å². The van der Waals surface area contributed by atoms with Crippen LogP contribution in [-0.4, -0.2) is 72.2 Å². The van der Waals surface area contributed by atoms with Gasteiger partial charge in [-0.15, -0.1) is 0 Å². The average molecular weight is 564 g/mol. The summed E-state index contributed by atoms with van der Waals surface area (Å²) in [6.07, 6.45) is 2.62. The fourth-order valence-electron chi connectivity index (χ4n) is 5.30. The number of likely N-dealkylation sites (tertiary alicyclic amines) is 2. The van der Waals surface area contributed by atoms with Crippen LogP contribution in [0.2, 0.25) is 10.0 Å². The zero-order valence-electron chi connectivity index (χ0n) is 22.1. The molecule has 2 amide bonds. The van der Waals surface area contributed by atoms with Crippen molar-refractivity contribution in [3.8, 4) is 11.5 Å². The topological polar surface area (TPSA) is 79.3 Å². The van der Waals surface area contributed by atoms with E-state index in [2.05, 4.69) is 0 Å². The van der Waals surface area contributed by atoms with Crippen LogP contribution in [0.1, 0.15) is 43.2 Å². The van der Waals surface area contributed by atoms with Gasteiger partial charge in [-0.25, -0.2) is 0 Å². The quantitative estimate of drug-likeness (QED) is 0.487. The van der Waals surface area contributed by atoms with Crippen molar-refractivity contribution in [2.75, 3.05) is 39.4 Å². The molecule has 9 heteroatoms. The highest BCUT2D eigenvalue weighted by Crippen LogP contribution is 2.36. The maximum Gasteiger partial charge on any atom is 0.260 e. The zero-order valence-corrected chi connectivity index (χ0v) is 23.6. The lowest BCUT2D eigenvalue weighted by Crippen LogP contribution is -2.52. The molecule has 0 aromatic heterocycles. The highest BCUT2D eigenvalue weighted by Gasteiger charge is 2.41. The lowest BCUT2D eigenvalue weighted by atomic mass is 9.77. The van der Waals surface area contributed by atoms with Gasteiger partial charge in [0.25, 0.3) is 5.91 Å². The van der Waals surface area contributed by atoms with Gasteiger partial charge >= 0.3 is 0 Å². The van der Waals surface area contributed by atoms with E-state index in [-0.39, 0.29) is 30.9 Å². The first-order chi connectivity index (χ1) is 18.1. The van der Waals surface area contributed by atoms with E-state index in [1.807, 2.05) is 30.9 Å². The van der Waals surface area contributed by atoms with E-state index in [9.17, 15) is 14.7 Å². The van der Waals surface area contributed by atoms with Gasteiger partial charge in [0.15, 0.2) is 6.61 Å². The molecule has 1 atom stereocenters. The Kier molecular flexibility index (Phi) is 9.45. The predicted molar refractivity (Wildman–Crippen MR) is 148 cm³/mol. The highest BCUT2D eigenvalue weighted by molar-refractivity contribution is 6.32. The molecule has 0 bridgehead atoms. The Morgan fingerprint density at radius 2 is 1.68 bits per heavy atom. The van der Waals surface area contributed by atoms with Crippen molar-refractivity contribution < 1.29 is 24.2 Å². The average Bonchev–Trinajstić information content (AvgIpc) is 2.89. The van der Waals surface area contributed by atoms with Crippen molar-refractivity contribution in [1.82, 2.24) is 9.80 Å². The Labute approximate surface area is 234 Å². The summed E-state index contributed by atoms with van der Waals surface area (Å²) < 4.78 is 12.0. The summed E-state index contributed by atoms with van der Waals surface area (Å²) in [5, 5.41) is 11.1. The van der Waals surface area contributed by atoms with E-state index in [0.29, 0.717) is 67.2 Å². The van der Waals surface area contributed by atoms with Gasteiger partial charge in [0.05, 0.1) is 12.7 Å². The van der Waals surface area contributed by atoms with Crippen LogP contribution >= 0.6 is 23.2 Å². The van der Waals surface area contributed by atoms with Crippen molar-refractivity contribution >= 4 is 35.0 Å². The number of aliphatic hydroxyl groups is 1. The van der Waals surface area contributed by atoms with Crippen LogP contribution in [0.3, 0.4) is 0 Å². The molecule has 0 unspecified atom stereocenters. The molecule has 0 spiro atoms. The van der Waals surface area contributed by atoms with Gasteiger partial charge < -0.3 is 24.4 Å². The molecular weight excluding hydrogens is 527 g/mol. The van der Waals surface area contributed by atoms with Gasteiger partial charge in [-0.1, -0.05) is 29.3 Å². The van der Waals surface area contributed by atoms with Crippen molar-refractivity contribution in [3.63, 3.8) is 0 Å². The number of carbonyl (C=O) groups is 2. The largest absolute Gasteiger partial charge is 0.493 e. The minimum absolute atomic E-state index is 0.0356. The Hall–Kier alpha value is -2.48. The van der Waals surface area contributed by atoms with Gasteiger partial charge in [-0.2, -0.15) is 0 Å². The summed E-state index contributed by atoms with van der Waals surface area (Å²) in [4.78, 5) is 30.2. The number of benzene rings is 2. The van der Waals surface area contributed by atoms with Crippen LogP contribution < -0.4 is 9.47 Å². The lowest BCUT2D eigenvalue weighted by Gasteiger charge is -2.43. The second kappa shape index (κ2) is 12.6. The van der Waals surface area contributed by atoms with Crippen LogP contribution in [0.25, 0.3) is 0 Å². The molecule has 0 aliphatic carbocycles. The number of carbonyl (C=O) groups excluding carboxylic acids is 2. The number of rotatable bonds is 8. The second-order valence-electron chi connectivity index (χ2n) is 10.6. The molecule has 2 fully saturated rings. The molecule has 4 rings (SSSR count). The summed E-state index contributed by atoms with van der Waals surface area (Å²) in [6.45, 7) is 6.16. The number of amides is 2. The van der Waals surface area contributed by atoms with E-state index in [1.54, 1.807) is 29.2 Å². The fraction of sp³-hybridized carbons (Fsp3) is 0.517. The third-order valence-corrected chi connectivity index (χ3v) is 8.30. The molecule has 38 heavy (non-hydrogen) atoms. The number of nitrogens with zero attached hydrogens (tertiary/aromatic N) is 2. The maximum absolute atomic E-state index is 13.4. The number of aryl methyl sites for hydroxylation is 2. The lowest BCUT2D eigenvalue weighted by molar-refractivity contribution is -0.143. The fourth-order valence-corrected chi connectivity index (χ4v) is 5.59. The molecule has 1 N–H and O–H groups in total. The molecule has 2 heterocycles. The first-order valence-corrected chi connectivity index (χ1v) is 13.9. The molecule has 2 saturated heterocycles. The van der Waals surface area contributed by atoms with Crippen LogP contribution in [0.4, 0.5) is 0 Å². The maximum atomic E-state index is 13.4. The minimum atomic E-state index is -0.543. The predicted octanol–water partition coefficient (Wildman–Crippen LogP) is 5.05. The summed E-state index contributed by atoms with van der Waals surface area (Å²) in [5.74, 6) is 1.13. The van der Waals surface area contributed by atoms with Crippen molar-refractivity contribution in [3.05, 3.63) is 57.6 Å². The van der Waals surface area contributed by atoms with Gasteiger partial charge in [0, 0.05) is 48.1 Å². The number of aliphatic hydroxyl groups excluding tert-OH is 1. The third-order valence-electron chi connectivity index (χ3n) is 7.47. The first-order valence-electron chi connectivity index (χ1n) is 13.2. The van der Waals surface area contributed by atoms with Crippen molar-refractivity contribution in [2.45, 2.75) is 52.1 Å². The Balaban J connectivity index is 1.48. The number of hydrogen-bond acceptors (Lipinski definition) is 5. The molecular formula is C29H36Cl2N2O5. The van der Waals surface area contributed by atoms with Gasteiger partial charge in [-0.3, -0.25) is 9.59 Å². The zero-order chi connectivity index (χ0) is 27.3. The molecule has 0 radical (unpaired) electrons. The van der Waals surface area contributed by atoms with Gasteiger partial charge in [-0.05, 0) is 81.0 Å². The number of piperidine rings is 2. The van der Waals surface area contributed by atoms with Crippen LogP contribution in [-0.2, 0) is 9.59 Å². The molecule has 2 aliphatic rings. The summed E-state index contributed by atoms with van der Waals surface area (Å²) in [7, 11) is 0. The summed E-state index contributed by atoms with van der Waals surface area (Å²) in [5.41, 5.74) is 1.31. The normalized spacial score (nSPS) is 20.3. The minimum Gasteiger partial charge on any atom is -0.493 e. The van der Waals surface area contributed by atoms with Crippen LogP contribution in [0, 0.1) is 19.3 Å². The smallest absolute Gasteiger partial charge is 0.260 e. The molecule has 206 valence electrons. The van der Waals surface area contributed by atoms with Gasteiger partial charge in [0.2, 0.25) is 5.91 Å². The van der Waals surface area contributed by atoms with Crippen molar-refractivity contribution in [1.29, 1.82) is 0 Å². The number of halogens is 2. The van der Waals surface area contributed by atoms with Crippen molar-refractivity contribution in [2.24, 2.45) is 5.41 Å². The molecule has 0 saturated carbocycles. The molecule has 7 nitrogen and oxygen atoms in total. The Morgan fingerprint density at radius 1 is 0.974 bits per heavy atom. The Bertz CT molecular complexity index is 1130. The SMILES string of the molecule is Cc1cc(OC[C@@]2(CC(=O)N3CCC(O)CC3)CCCN(C(=O)COc3cccc(Cl)c3)C2)cc(C)c1Cl. The monoisotopic (exact) mass is 562 g/mol. The molecule has 2 aromatic carbocycles. The highest BCUT2D eigenvalue weighted by atomic mass is 35.5. The molecule has 2 aliphatic heterocycles.